The van der Waals surface area contributed by atoms with E-state index in [2.05, 4.69) is 24.1 Å². The first-order valence-corrected chi connectivity index (χ1v) is 20.5. The van der Waals surface area contributed by atoms with Gasteiger partial charge >= 0.3 is 0 Å². The van der Waals surface area contributed by atoms with Crippen LogP contribution >= 0.6 is 0 Å². The maximum absolute atomic E-state index is 14.4. The van der Waals surface area contributed by atoms with Crippen molar-refractivity contribution in [3.8, 4) is 0 Å². The van der Waals surface area contributed by atoms with Crippen molar-refractivity contribution in [3.05, 3.63) is 36.0 Å². The van der Waals surface area contributed by atoms with Gasteiger partial charge in [0.05, 0.1) is 47.1 Å². The van der Waals surface area contributed by atoms with Gasteiger partial charge in [-0.3, -0.25) is 4.79 Å². The molecule has 0 saturated carbocycles. The minimum atomic E-state index is -1.55. The summed E-state index contributed by atoms with van der Waals surface area (Å²) in [5.74, 6) is -0.982. The number of carbonyl (C=O) groups excluding carboxylic acids is 2. The van der Waals surface area contributed by atoms with E-state index in [1.54, 1.807) is 39.6 Å². The Balaban J connectivity index is 1.59. The predicted octanol–water partition coefficient (Wildman–Crippen LogP) is 4.20. The molecular formula is C43H69N3O10. The molecular weight excluding hydrogens is 718 g/mol. The summed E-state index contributed by atoms with van der Waals surface area (Å²) in [6, 6.07) is 7.24. The van der Waals surface area contributed by atoms with E-state index >= 15 is 0 Å². The average molecular weight is 788 g/mol. The third-order valence-corrected chi connectivity index (χ3v) is 12.9. The molecule has 13 nitrogen and oxygen atoms in total. The van der Waals surface area contributed by atoms with Gasteiger partial charge in [-0.1, -0.05) is 45.9 Å². The third-order valence-electron chi connectivity index (χ3n) is 12.9. The summed E-state index contributed by atoms with van der Waals surface area (Å²) in [4.78, 5) is 33.0. The van der Waals surface area contributed by atoms with Crippen LogP contribution in [0.25, 0.3) is 10.9 Å². The Kier molecular flexibility index (Phi) is 14.2. The van der Waals surface area contributed by atoms with E-state index < -0.39 is 71.7 Å². The Morgan fingerprint density at radius 1 is 1.04 bits per heavy atom. The second-order valence-corrected chi connectivity index (χ2v) is 18.4. The van der Waals surface area contributed by atoms with Crippen molar-refractivity contribution < 1.29 is 48.6 Å². The van der Waals surface area contributed by atoms with Crippen LogP contribution in [-0.4, -0.2) is 131 Å². The normalized spacial score (nSPS) is 42.3. The zero-order valence-electron chi connectivity index (χ0n) is 35.4. The van der Waals surface area contributed by atoms with Crippen LogP contribution in [0.2, 0.25) is 0 Å². The van der Waals surface area contributed by atoms with E-state index in [-0.39, 0.29) is 49.2 Å². The van der Waals surface area contributed by atoms with Gasteiger partial charge < -0.3 is 59.0 Å². The number of aldehydes is 1. The Morgan fingerprint density at radius 3 is 2.39 bits per heavy atom. The highest BCUT2D eigenvalue weighted by molar-refractivity contribution is 5.86. The van der Waals surface area contributed by atoms with E-state index in [0.717, 1.165) is 22.8 Å². The zero-order valence-corrected chi connectivity index (χ0v) is 35.4. The number of H-pyrrole nitrogens is 1. The molecule has 4 heterocycles. The number of hydrogen-bond acceptors (Lipinski definition) is 11. The molecule has 13 heteroatoms. The number of carbonyl (C=O) groups is 2. The molecule has 56 heavy (non-hydrogen) atoms. The molecule has 1 aromatic heterocycles. The van der Waals surface area contributed by atoms with Crippen LogP contribution < -0.4 is 5.32 Å². The first-order valence-electron chi connectivity index (χ1n) is 20.5. The Labute approximate surface area is 333 Å². The minimum absolute atomic E-state index is 0.0317. The second-order valence-electron chi connectivity index (χ2n) is 18.4. The fourth-order valence-corrected chi connectivity index (χ4v) is 9.68. The first-order chi connectivity index (χ1) is 26.2. The molecule has 2 aromatic rings. The summed E-state index contributed by atoms with van der Waals surface area (Å²) in [7, 11) is 3.30. The molecule has 3 fully saturated rings. The van der Waals surface area contributed by atoms with Gasteiger partial charge in [0.2, 0.25) is 5.91 Å². The summed E-state index contributed by atoms with van der Waals surface area (Å²) < 4.78 is 32.0. The SMILES string of the molecule is CO[C@]1(C)C[C@H](O[C@H]2[C@H](C)[C@@H](O[C@@H]3O[C@H](C)C[C@H](C(C)C)[C@H]3O)[C@](C)(O)C[C@@H](C)CN(C)C(=O)[C@H](Cc3c[nH]c4ccccc34)NC[C@]2(C)C=O)O[C@@H](C)[C@@H]1O. The zero-order chi connectivity index (χ0) is 41.3. The minimum Gasteiger partial charge on any atom is -0.388 e. The van der Waals surface area contributed by atoms with Crippen LogP contribution in [0.1, 0.15) is 87.1 Å². The van der Waals surface area contributed by atoms with Crippen molar-refractivity contribution >= 4 is 23.1 Å². The number of ether oxygens (including phenoxy) is 5. The molecule has 0 unspecified atom stereocenters. The highest BCUT2D eigenvalue weighted by atomic mass is 16.7. The lowest BCUT2D eigenvalue weighted by atomic mass is 9.72. The van der Waals surface area contributed by atoms with Crippen molar-refractivity contribution in [1.82, 2.24) is 15.2 Å². The van der Waals surface area contributed by atoms with Gasteiger partial charge in [0, 0.05) is 56.7 Å². The number of nitrogens with zero attached hydrogens (tertiary/aromatic N) is 1. The topological polar surface area (TPSA) is 172 Å². The summed E-state index contributed by atoms with van der Waals surface area (Å²) >= 11 is 0. The fourth-order valence-electron chi connectivity index (χ4n) is 9.68. The van der Waals surface area contributed by atoms with E-state index in [1.807, 2.05) is 51.2 Å². The maximum Gasteiger partial charge on any atom is 0.239 e. The number of hydrogen-bond donors (Lipinski definition) is 5. The standard InChI is InChI=1S/C43H69N3O10/c1-24(2)31-16-26(4)53-40(35(31)48)56-38-27(5)37(55-34-19-43(9,52-11)36(49)28(6)54-34)41(7,23-47)22-45-33(17-29-20-44-32-15-13-12-14-30(29)32)39(50)46(10)21-25(3)18-42(38,8)51/h12-15,20,23-28,31,33-38,40,44-45,48-49,51H,16-19,21-22H2,1-11H3/t25-,26-,27+,28+,31-,33+,34+,35-,36+,37+,38-,40+,41-,42-,43-/m1/s1. The van der Waals surface area contributed by atoms with Crippen molar-refractivity contribution in [2.75, 3.05) is 27.2 Å². The molecule has 3 aliphatic rings. The van der Waals surface area contributed by atoms with Gasteiger partial charge in [0.25, 0.3) is 0 Å². The molecule has 0 spiro atoms. The second kappa shape index (κ2) is 17.8. The van der Waals surface area contributed by atoms with Crippen molar-refractivity contribution in [1.29, 1.82) is 0 Å². The van der Waals surface area contributed by atoms with Crippen molar-refractivity contribution in [2.45, 2.75) is 154 Å². The molecule has 0 radical (unpaired) electrons. The highest BCUT2D eigenvalue weighted by Crippen LogP contribution is 2.42. The van der Waals surface area contributed by atoms with Crippen LogP contribution in [0, 0.1) is 29.1 Å². The van der Waals surface area contributed by atoms with Gasteiger partial charge in [-0.25, -0.2) is 0 Å². The summed E-state index contributed by atoms with van der Waals surface area (Å²) in [5, 5.41) is 39.8. The van der Waals surface area contributed by atoms with Gasteiger partial charge in [0.15, 0.2) is 12.6 Å². The molecule has 1 aromatic carbocycles. The molecule has 5 N–H and O–H groups in total. The Morgan fingerprint density at radius 2 is 1.73 bits per heavy atom. The molecule has 0 aliphatic carbocycles. The van der Waals surface area contributed by atoms with Crippen LogP contribution in [0.15, 0.2) is 30.5 Å². The molecule has 316 valence electrons. The van der Waals surface area contributed by atoms with Crippen LogP contribution in [0.4, 0.5) is 0 Å². The van der Waals surface area contributed by atoms with E-state index in [1.165, 1.54) is 7.11 Å². The lowest BCUT2D eigenvalue weighted by Crippen LogP contribution is -2.61. The number of aliphatic hydroxyl groups is 3. The number of rotatable bonds is 9. The number of nitrogens with one attached hydrogen (secondary N) is 2. The van der Waals surface area contributed by atoms with Crippen molar-refractivity contribution in [3.63, 3.8) is 0 Å². The quantitative estimate of drug-likeness (QED) is 0.231. The van der Waals surface area contributed by atoms with Gasteiger partial charge in [-0.15, -0.1) is 0 Å². The largest absolute Gasteiger partial charge is 0.388 e. The smallest absolute Gasteiger partial charge is 0.239 e. The molecule has 0 bridgehead atoms. The van der Waals surface area contributed by atoms with Crippen LogP contribution in [0.5, 0.6) is 0 Å². The maximum atomic E-state index is 14.4. The lowest BCUT2D eigenvalue weighted by Gasteiger charge is -2.50. The highest BCUT2D eigenvalue weighted by Gasteiger charge is 2.53. The van der Waals surface area contributed by atoms with Crippen LogP contribution in [0.3, 0.4) is 0 Å². The van der Waals surface area contributed by atoms with Gasteiger partial charge in [-0.2, -0.15) is 0 Å². The number of benzene rings is 1. The monoisotopic (exact) mass is 787 g/mol. The number of likely N-dealkylation sites (N-methyl/N-ethyl adjacent to an activating group) is 1. The van der Waals surface area contributed by atoms with E-state index in [4.69, 9.17) is 23.7 Å². The summed E-state index contributed by atoms with van der Waals surface area (Å²) in [6.07, 6.45) is -2.56. The molecule has 15 atom stereocenters. The molecule has 1 amide bonds. The summed E-state index contributed by atoms with van der Waals surface area (Å²) in [6.45, 7) is 17.4. The number of aliphatic hydroxyl groups excluding tert-OH is 2. The number of para-hydroxylation sites is 1. The predicted molar refractivity (Wildman–Crippen MR) is 213 cm³/mol. The number of aromatic amines is 1. The fraction of sp³-hybridized carbons (Fsp3) is 0.767. The van der Waals surface area contributed by atoms with Crippen molar-refractivity contribution in [2.24, 2.45) is 29.1 Å². The number of amides is 1. The van der Waals surface area contributed by atoms with E-state index in [0.29, 0.717) is 19.4 Å². The molecule has 3 aliphatic heterocycles. The van der Waals surface area contributed by atoms with Crippen LogP contribution in [-0.2, 0) is 39.7 Å². The molecule has 3 saturated heterocycles. The summed E-state index contributed by atoms with van der Waals surface area (Å²) in [5.41, 5.74) is -1.95. The number of methoxy groups -OCH3 is 1. The van der Waals surface area contributed by atoms with Gasteiger partial charge in [0.1, 0.15) is 18.5 Å². The van der Waals surface area contributed by atoms with E-state index in [9.17, 15) is 24.9 Å². The third kappa shape index (κ3) is 9.53. The lowest BCUT2D eigenvalue weighted by molar-refractivity contribution is -0.322. The Bertz CT molecular complexity index is 1620. The number of aromatic nitrogens is 1. The molecule has 5 rings (SSSR count). The first kappa shape index (κ1) is 44.6. The van der Waals surface area contributed by atoms with Gasteiger partial charge in [-0.05, 0) is 83.3 Å². The Hall–Kier alpha value is -2.46. The average Bonchev–Trinajstić information content (AvgIpc) is 3.55. The number of fused-ring (bicyclic) bond motifs is 1.